The summed E-state index contributed by atoms with van der Waals surface area (Å²) in [6.45, 7) is 4.47. The molecule has 0 aliphatic rings. The number of hydrogen-bond donors (Lipinski definition) is 1. The van der Waals surface area contributed by atoms with E-state index in [1.54, 1.807) is 13.2 Å². The number of rotatable bonds is 5. The predicted octanol–water partition coefficient (Wildman–Crippen LogP) is 3.38. The first kappa shape index (κ1) is 11.9. The van der Waals surface area contributed by atoms with Crippen molar-refractivity contribution in [2.24, 2.45) is 5.92 Å². The van der Waals surface area contributed by atoms with Crippen molar-refractivity contribution in [3.63, 3.8) is 0 Å². The van der Waals surface area contributed by atoms with Crippen molar-refractivity contribution >= 4 is 0 Å². The van der Waals surface area contributed by atoms with E-state index in [0.717, 1.165) is 12.3 Å². The lowest BCUT2D eigenvalue weighted by Gasteiger charge is -2.09. The molecule has 0 saturated heterocycles. The Kier molecular flexibility index (Phi) is 4.47. The van der Waals surface area contributed by atoms with Crippen molar-refractivity contribution in [2.75, 3.05) is 7.11 Å². The summed E-state index contributed by atoms with van der Waals surface area (Å²) in [5.74, 6) is 1.53. The lowest BCUT2D eigenvalue weighted by atomic mass is 9.99. The molecule has 0 fully saturated rings. The molecule has 0 radical (unpaired) electrons. The van der Waals surface area contributed by atoms with Gasteiger partial charge < -0.3 is 9.84 Å². The topological polar surface area (TPSA) is 29.5 Å². The Balaban J connectivity index is 2.62. The van der Waals surface area contributed by atoms with Crippen molar-refractivity contribution < 1.29 is 9.84 Å². The fourth-order valence-electron chi connectivity index (χ4n) is 1.49. The number of ether oxygens (including phenoxy) is 1. The second kappa shape index (κ2) is 5.64. The Labute approximate surface area is 91.9 Å². The van der Waals surface area contributed by atoms with Crippen LogP contribution in [0.15, 0.2) is 18.2 Å². The lowest BCUT2D eigenvalue weighted by Crippen LogP contribution is -1.96. The highest BCUT2D eigenvalue weighted by molar-refractivity contribution is 5.41. The minimum absolute atomic E-state index is 0.213. The fraction of sp³-hybridized carbons (Fsp3) is 0.538. The number of methoxy groups -OCH3 is 1. The fourth-order valence-corrected chi connectivity index (χ4v) is 1.49. The van der Waals surface area contributed by atoms with Gasteiger partial charge in [-0.2, -0.15) is 0 Å². The zero-order valence-electron chi connectivity index (χ0n) is 9.79. The van der Waals surface area contributed by atoms with Crippen LogP contribution in [0.3, 0.4) is 0 Å². The van der Waals surface area contributed by atoms with Gasteiger partial charge in [0.15, 0.2) is 11.5 Å². The Hall–Kier alpha value is -1.18. The lowest BCUT2D eigenvalue weighted by molar-refractivity contribution is 0.372. The molecule has 84 valence electrons. The van der Waals surface area contributed by atoms with Crippen LogP contribution < -0.4 is 4.74 Å². The van der Waals surface area contributed by atoms with E-state index in [-0.39, 0.29) is 5.75 Å². The summed E-state index contributed by atoms with van der Waals surface area (Å²) in [7, 11) is 1.58. The minimum Gasteiger partial charge on any atom is -0.504 e. The van der Waals surface area contributed by atoms with E-state index in [1.807, 2.05) is 12.1 Å². The molecule has 2 heteroatoms. The van der Waals surface area contributed by atoms with E-state index in [4.69, 9.17) is 4.74 Å². The maximum atomic E-state index is 9.43. The maximum absolute atomic E-state index is 9.43. The number of hydrogen-bond acceptors (Lipinski definition) is 2. The molecule has 1 rings (SSSR count). The number of aromatic hydroxyl groups is 1. The highest BCUT2D eigenvalue weighted by Crippen LogP contribution is 2.27. The quantitative estimate of drug-likeness (QED) is 0.803. The molecule has 2 nitrogen and oxygen atoms in total. The van der Waals surface area contributed by atoms with Gasteiger partial charge in [0, 0.05) is 0 Å². The smallest absolute Gasteiger partial charge is 0.160 e. The van der Waals surface area contributed by atoms with Crippen LogP contribution >= 0.6 is 0 Å². The first-order valence-electron chi connectivity index (χ1n) is 5.53. The van der Waals surface area contributed by atoms with E-state index < -0.39 is 0 Å². The summed E-state index contributed by atoms with van der Waals surface area (Å²) in [5.41, 5.74) is 1.23. The van der Waals surface area contributed by atoms with Gasteiger partial charge in [-0.1, -0.05) is 26.3 Å². The molecule has 0 aromatic heterocycles. The number of aryl methyl sites for hydroxylation is 1. The second-order valence-corrected chi connectivity index (χ2v) is 4.06. The van der Waals surface area contributed by atoms with Crippen molar-refractivity contribution in [1.29, 1.82) is 0 Å². The van der Waals surface area contributed by atoms with Gasteiger partial charge in [0.05, 0.1) is 7.11 Å². The molecule has 0 unspecified atom stereocenters. The van der Waals surface area contributed by atoms with E-state index in [1.165, 1.54) is 18.4 Å². The summed E-state index contributed by atoms with van der Waals surface area (Å²) in [6.07, 6.45) is 3.45. The molecule has 0 spiro atoms. The standard InChI is InChI=1S/C13H20O2/c1-4-10(2)5-6-11-7-8-12(14)13(9-11)15-3/h7-10,14H,4-6H2,1-3H3/t10-/m1/s1. The molecule has 0 amide bonds. The Morgan fingerprint density at radius 3 is 2.73 bits per heavy atom. The van der Waals surface area contributed by atoms with Crippen molar-refractivity contribution in [1.82, 2.24) is 0 Å². The van der Waals surface area contributed by atoms with Crippen LogP contribution in [0, 0.1) is 5.92 Å². The molecule has 0 bridgehead atoms. The SMILES string of the molecule is CC[C@@H](C)CCc1ccc(O)c(OC)c1. The maximum Gasteiger partial charge on any atom is 0.160 e. The first-order chi connectivity index (χ1) is 7.17. The average Bonchev–Trinajstić information content (AvgIpc) is 2.27. The van der Waals surface area contributed by atoms with Crippen LogP contribution in [-0.4, -0.2) is 12.2 Å². The van der Waals surface area contributed by atoms with E-state index >= 15 is 0 Å². The molecular weight excluding hydrogens is 188 g/mol. The van der Waals surface area contributed by atoms with Crippen LogP contribution in [0.4, 0.5) is 0 Å². The zero-order chi connectivity index (χ0) is 11.3. The van der Waals surface area contributed by atoms with Crippen LogP contribution in [0.5, 0.6) is 11.5 Å². The molecule has 0 aliphatic carbocycles. The third-order valence-electron chi connectivity index (χ3n) is 2.87. The molecule has 1 aromatic carbocycles. The third-order valence-corrected chi connectivity index (χ3v) is 2.87. The Morgan fingerprint density at radius 2 is 2.13 bits per heavy atom. The highest BCUT2D eigenvalue weighted by atomic mass is 16.5. The molecule has 0 aliphatic heterocycles. The van der Waals surface area contributed by atoms with E-state index in [9.17, 15) is 5.11 Å². The minimum atomic E-state index is 0.213. The van der Waals surface area contributed by atoms with Gasteiger partial charge in [0.1, 0.15) is 0 Å². The largest absolute Gasteiger partial charge is 0.504 e. The van der Waals surface area contributed by atoms with Gasteiger partial charge in [0.25, 0.3) is 0 Å². The van der Waals surface area contributed by atoms with Gasteiger partial charge in [-0.3, -0.25) is 0 Å². The average molecular weight is 208 g/mol. The summed E-state index contributed by atoms with van der Waals surface area (Å²) in [6, 6.07) is 5.57. The van der Waals surface area contributed by atoms with Gasteiger partial charge >= 0.3 is 0 Å². The molecule has 0 saturated carbocycles. The van der Waals surface area contributed by atoms with Crippen molar-refractivity contribution in [3.8, 4) is 11.5 Å². The number of benzene rings is 1. The van der Waals surface area contributed by atoms with Gasteiger partial charge in [-0.15, -0.1) is 0 Å². The molecule has 15 heavy (non-hydrogen) atoms. The van der Waals surface area contributed by atoms with Crippen molar-refractivity contribution in [2.45, 2.75) is 33.1 Å². The van der Waals surface area contributed by atoms with Gasteiger partial charge in [-0.25, -0.2) is 0 Å². The van der Waals surface area contributed by atoms with E-state index in [2.05, 4.69) is 13.8 Å². The van der Waals surface area contributed by atoms with Gasteiger partial charge in [0.2, 0.25) is 0 Å². The first-order valence-corrected chi connectivity index (χ1v) is 5.53. The van der Waals surface area contributed by atoms with E-state index in [0.29, 0.717) is 5.75 Å². The molecule has 0 heterocycles. The third kappa shape index (κ3) is 3.46. The van der Waals surface area contributed by atoms with Crippen LogP contribution in [-0.2, 0) is 6.42 Å². The molecular formula is C13H20O2. The Bertz CT molecular complexity index is 307. The van der Waals surface area contributed by atoms with Crippen molar-refractivity contribution in [3.05, 3.63) is 23.8 Å². The van der Waals surface area contributed by atoms with Crippen LogP contribution in [0.25, 0.3) is 0 Å². The summed E-state index contributed by atoms with van der Waals surface area (Å²) >= 11 is 0. The highest BCUT2D eigenvalue weighted by Gasteiger charge is 2.04. The summed E-state index contributed by atoms with van der Waals surface area (Å²) in [5, 5.41) is 9.43. The molecule has 1 aromatic rings. The summed E-state index contributed by atoms with van der Waals surface area (Å²) in [4.78, 5) is 0. The van der Waals surface area contributed by atoms with Gasteiger partial charge in [-0.05, 0) is 36.5 Å². The zero-order valence-corrected chi connectivity index (χ0v) is 9.79. The van der Waals surface area contributed by atoms with Crippen LogP contribution in [0.1, 0.15) is 32.3 Å². The normalized spacial score (nSPS) is 12.5. The number of phenols is 1. The molecule has 1 N–H and O–H groups in total. The monoisotopic (exact) mass is 208 g/mol. The molecule has 1 atom stereocenters. The van der Waals surface area contributed by atoms with Crippen LogP contribution in [0.2, 0.25) is 0 Å². The predicted molar refractivity (Wildman–Crippen MR) is 62.4 cm³/mol. The second-order valence-electron chi connectivity index (χ2n) is 4.06. The summed E-state index contributed by atoms with van der Waals surface area (Å²) < 4.78 is 5.07. The Morgan fingerprint density at radius 1 is 1.40 bits per heavy atom. The number of phenolic OH excluding ortho intramolecular Hbond substituents is 1.